The molecule has 0 atom stereocenters. The molecule has 0 aliphatic heterocycles. The summed E-state index contributed by atoms with van der Waals surface area (Å²) in [7, 11) is 0. The van der Waals surface area contributed by atoms with E-state index in [0.717, 1.165) is 5.39 Å². The molecule has 4 nitrogen and oxygen atoms in total. The molecule has 4 heteroatoms. The Morgan fingerprint density at radius 2 is 2.00 bits per heavy atom. The summed E-state index contributed by atoms with van der Waals surface area (Å²) in [5.41, 5.74) is 0.640. The minimum absolute atomic E-state index is 0.0679. The van der Waals surface area contributed by atoms with Gasteiger partial charge in [-0.05, 0) is 18.9 Å². The molecule has 2 N–H and O–H groups in total. The highest BCUT2D eigenvalue weighted by molar-refractivity contribution is 6.06. The lowest BCUT2D eigenvalue weighted by Crippen LogP contribution is -2.50. The molecular weight excluding hydrogens is 242 g/mol. The van der Waals surface area contributed by atoms with Crippen molar-refractivity contribution in [3.8, 4) is 0 Å². The zero-order valence-electron chi connectivity index (χ0n) is 11.3. The number of rotatable bonds is 5. The normalized spacial score (nSPS) is 11.7. The number of carbonyl (C=O) groups is 1. The van der Waals surface area contributed by atoms with Crippen molar-refractivity contribution in [3.63, 3.8) is 0 Å². The van der Waals surface area contributed by atoms with E-state index in [2.05, 4.69) is 5.32 Å². The van der Waals surface area contributed by atoms with Crippen LogP contribution in [-0.2, 0) is 0 Å². The third kappa shape index (κ3) is 2.49. The van der Waals surface area contributed by atoms with Crippen molar-refractivity contribution in [2.75, 3.05) is 6.61 Å². The van der Waals surface area contributed by atoms with E-state index < -0.39 is 5.54 Å². The van der Waals surface area contributed by atoms with Gasteiger partial charge in [-0.25, -0.2) is 0 Å². The number of hydrogen-bond acceptors (Lipinski definition) is 3. The second kappa shape index (κ2) is 5.45. The van der Waals surface area contributed by atoms with E-state index in [1.165, 1.54) is 6.26 Å². The highest BCUT2D eigenvalue weighted by Gasteiger charge is 2.28. The van der Waals surface area contributed by atoms with Crippen LogP contribution in [0, 0.1) is 0 Å². The van der Waals surface area contributed by atoms with E-state index in [1.54, 1.807) is 0 Å². The van der Waals surface area contributed by atoms with Crippen LogP contribution in [0.5, 0.6) is 0 Å². The smallest absolute Gasteiger partial charge is 0.255 e. The first-order valence-electron chi connectivity index (χ1n) is 6.55. The Balaban J connectivity index is 2.29. The molecule has 1 aromatic carbocycles. The van der Waals surface area contributed by atoms with Gasteiger partial charge in [-0.2, -0.15) is 0 Å². The van der Waals surface area contributed by atoms with Crippen molar-refractivity contribution in [1.29, 1.82) is 0 Å². The molecule has 0 aliphatic rings. The largest absolute Gasteiger partial charge is 0.463 e. The van der Waals surface area contributed by atoms with Crippen LogP contribution in [-0.4, -0.2) is 23.2 Å². The molecule has 1 aromatic heterocycles. The summed E-state index contributed by atoms with van der Waals surface area (Å²) in [6.07, 6.45) is 2.83. The molecule has 19 heavy (non-hydrogen) atoms. The molecule has 0 spiro atoms. The Morgan fingerprint density at radius 1 is 1.32 bits per heavy atom. The summed E-state index contributed by atoms with van der Waals surface area (Å²) >= 11 is 0. The van der Waals surface area contributed by atoms with Crippen LogP contribution in [0.3, 0.4) is 0 Å². The zero-order chi connectivity index (χ0) is 13.9. The van der Waals surface area contributed by atoms with Crippen LogP contribution in [0.4, 0.5) is 0 Å². The van der Waals surface area contributed by atoms with Crippen molar-refractivity contribution in [2.45, 2.75) is 32.2 Å². The standard InChI is InChI=1S/C15H19NO3/c1-3-15(4-2,10-17)16-14(18)12-9-19-13-8-6-5-7-11(12)13/h5-9,17H,3-4,10H2,1-2H3,(H,16,18). The van der Waals surface area contributed by atoms with E-state index >= 15 is 0 Å². The number of aliphatic hydroxyl groups is 1. The maximum absolute atomic E-state index is 12.3. The topological polar surface area (TPSA) is 62.5 Å². The Labute approximate surface area is 112 Å². The van der Waals surface area contributed by atoms with Crippen molar-refractivity contribution in [3.05, 3.63) is 36.1 Å². The average Bonchev–Trinajstić information content (AvgIpc) is 2.89. The summed E-state index contributed by atoms with van der Waals surface area (Å²) < 4.78 is 5.36. The molecule has 0 unspecified atom stereocenters. The second-order valence-electron chi connectivity index (χ2n) is 4.75. The number of benzene rings is 1. The quantitative estimate of drug-likeness (QED) is 0.869. The molecule has 0 aliphatic carbocycles. The maximum Gasteiger partial charge on any atom is 0.255 e. The fraction of sp³-hybridized carbons (Fsp3) is 0.400. The van der Waals surface area contributed by atoms with Crippen molar-refractivity contribution >= 4 is 16.9 Å². The third-order valence-corrected chi connectivity index (χ3v) is 3.76. The van der Waals surface area contributed by atoms with E-state index in [0.29, 0.717) is 24.0 Å². The highest BCUT2D eigenvalue weighted by Crippen LogP contribution is 2.22. The number of para-hydroxylation sites is 1. The fourth-order valence-electron chi connectivity index (χ4n) is 2.15. The highest BCUT2D eigenvalue weighted by atomic mass is 16.3. The third-order valence-electron chi connectivity index (χ3n) is 3.76. The average molecular weight is 261 g/mol. The summed E-state index contributed by atoms with van der Waals surface area (Å²) in [5, 5.41) is 13.2. The summed E-state index contributed by atoms with van der Waals surface area (Å²) in [4.78, 5) is 12.3. The monoisotopic (exact) mass is 261 g/mol. The van der Waals surface area contributed by atoms with Crippen LogP contribution < -0.4 is 5.32 Å². The summed E-state index contributed by atoms with van der Waals surface area (Å²) in [6.45, 7) is 3.84. The lowest BCUT2D eigenvalue weighted by molar-refractivity contribution is 0.0818. The Hall–Kier alpha value is -1.81. The van der Waals surface area contributed by atoms with Gasteiger partial charge in [0, 0.05) is 5.39 Å². The minimum atomic E-state index is -0.560. The lowest BCUT2D eigenvalue weighted by Gasteiger charge is -2.30. The van der Waals surface area contributed by atoms with Gasteiger partial charge in [-0.3, -0.25) is 4.79 Å². The van der Waals surface area contributed by atoms with Gasteiger partial charge in [0.25, 0.3) is 5.91 Å². The number of fused-ring (bicyclic) bond motifs is 1. The molecule has 1 heterocycles. The van der Waals surface area contributed by atoms with E-state index in [4.69, 9.17) is 4.42 Å². The van der Waals surface area contributed by atoms with E-state index in [1.807, 2.05) is 38.1 Å². The molecular formula is C15H19NO3. The molecule has 0 fully saturated rings. The SMILES string of the molecule is CCC(CC)(CO)NC(=O)c1coc2ccccc12. The van der Waals surface area contributed by atoms with Gasteiger partial charge in [-0.15, -0.1) is 0 Å². The number of carbonyl (C=O) groups excluding carboxylic acids is 1. The zero-order valence-corrected chi connectivity index (χ0v) is 11.3. The molecule has 0 saturated heterocycles. The number of hydrogen-bond donors (Lipinski definition) is 2. The van der Waals surface area contributed by atoms with Gasteiger partial charge >= 0.3 is 0 Å². The number of amides is 1. The van der Waals surface area contributed by atoms with Gasteiger partial charge in [-0.1, -0.05) is 32.0 Å². The van der Waals surface area contributed by atoms with E-state index in [-0.39, 0.29) is 12.5 Å². The predicted molar refractivity (Wildman–Crippen MR) is 74.1 cm³/mol. The van der Waals surface area contributed by atoms with Crippen LogP contribution in [0.2, 0.25) is 0 Å². The fourth-order valence-corrected chi connectivity index (χ4v) is 2.15. The molecule has 0 radical (unpaired) electrons. The molecule has 2 aromatic rings. The first-order valence-corrected chi connectivity index (χ1v) is 6.55. The molecule has 1 amide bonds. The van der Waals surface area contributed by atoms with Crippen molar-refractivity contribution < 1.29 is 14.3 Å². The molecule has 0 bridgehead atoms. The van der Waals surface area contributed by atoms with Crippen molar-refractivity contribution in [2.24, 2.45) is 0 Å². The first kappa shape index (κ1) is 13.6. The Bertz CT molecular complexity index is 561. The number of nitrogens with one attached hydrogen (secondary N) is 1. The van der Waals surface area contributed by atoms with Crippen molar-refractivity contribution in [1.82, 2.24) is 5.32 Å². The Kier molecular flexibility index (Phi) is 3.90. The first-order chi connectivity index (χ1) is 9.15. The maximum atomic E-state index is 12.3. The summed E-state index contributed by atoms with van der Waals surface area (Å²) in [5.74, 6) is -0.206. The lowest BCUT2D eigenvalue weighted by atomic mass is 9.93. The van der Waals surface area contributed by atoms with Gasteiger partial charge in [0.1, 0.15) is 11.8 Å². The van der Waals surface area contributed by atoms with Gasteiger partial charge in [0.05, 0.1) is 17.7 Å². The number of aliphatic hydroxyl groups excluding tert-OH is 1. The van der Waals surface area contributed by atoms with Crippen LogP contribution >= 0.6 is 0 Å². The predicted octanol–water partition coefficient (Wildman–Crippen LogP) is 2.71. The van der Waals surface area contributed by atoms with Crippen LogP contribution in [0.1, 0.15) is 37.0 Å². The molecule has 0 saturated carbocycles. The molecule has 2 rings (SSSR count). The minimum Gasteiger partial charge on any atom is -0.463 e. The van der Waals surface area contributed by atoms with E-state index in [9.17, 15) is 9.90 Å². The summed E-state index contributed by atoms with van der Waals surface area (Å²) in [6, 6.07) is 7.41. The number of furan rings is 1. The van der Waals surface area contributed by atoms with Gasteiger partial charge in [0.2, 0.25) is 0 Å². The van der Waals surface area contributed by atoms with Gasteiger partial charge in [0.15, 0.2) is 0 Å². The van der Waals surface area contributed by atoms with Crippen LogP contribution in [0.25, 0.3) is 11.0 Å². The Morgan fingerprint density at radius 3 is 2.63 bits per heavy atom. The molecule has 102 valence electrons. The van der Waals surface area contributed by atoms with Crippen LogP contribution in [0.15, 0.2) is 34.9 Å². The second-order valence-corrected chi connectivity index (χ2v) is 4.75. The van der Waals surface area contributed by atoms with Gasteiger partial charge < -0.3 is 14.8 Å².